The average Bonchev–Trinajstić information content (AvgIpc) is 2.33. The number of rotatable bonds is 5. The van der Waals surface area contributed by atoms with E-state index in [0.717, 1.165) is 25.3 Å². The Labute approximate surface area is 131 Å². The molecule has 0 saturated heterocycles. The molecule has 0 fully saturated rings. The summed E-state index contributed by atoms with van der Waals surface area (Å²) in [5, 5.41) is 3.56. The molecular weight excluding hydrogens is 258 g/mol. The Hall–Kier alpha value is -1.09. The molecule has 0 aliphatic carbocycles. The summed E-state index contributed by atoms with van der Waals surface area (Å²) in [7, 11) is 2.13. The molecule has 0 radical (unpaired) electrons. The molecule has 0 atom stereocenters. The molecule has 0 aromatic carbocycles. The van der Waals surface area contributed by atoms with Crippen LogP contribution >= 0.6 is 0 Å². The normalized spacial score (nSPS) is 12.6. The largest absolute Gasteiger partial charge is 0.359 e. The van der Waals surface area contributed by atoms with Crippen molar-refractivity contribution in [3.05, 3.63) is 23.4 Å². The van der Waals surface area contributed by atoms with Gasteiger partial charge >= 0.3 is 0 Å². The highest BCUT2D eigenvalue weighted by Crippen LogP contribution is 2.21. The van der Waals surface area contributed by atoms with Crippen molar-refractivity contribution in [1.29, 1.82) is 0 Å². The van der Waals surface area contributed by atoms with E-state index < -0.39 is 0 Å². The quantitative estimate of drug-likeness (QED) is 0.888. The molecule has 1 aromatic rings. The molecule has 120 valence electrons. The second-order valence-electron chi connectivity index (χ2n) is 8.20. The van der Waals surface area contributed by atoms with Crippen LogP contribution in [0.4, 0.5) is 5.82 Å². The van der Waals surface area contributed by atoms with Crippen LogP contribution in [0, 0.1) is 5.41 Å². The van der Waals surface area contributed by atoms with Gasteiger partial charge in [0, 0.05) is 31.4 Å². The predicted molar refractivity (Wildman–Crippen MR) is 92.9 cm³/mol. The van der Waals surface area contributed by atoms with Crippen LogP contribution in [0.2, 0.25) is 0 Å². The lowest BCUT2D eigenvalue weighted by Gasteiger charge is -2.28. The fraction of sp³-hybridized carbons (Fsp3) is 0.722. The van der Waals surface area contributed by atoms with Crippen molar-refractivity contribution in [1.82, 2.24) is 10.3 Å². The average molecular weight is 291 g/mol. The first kappa shape index (κ1) is 18.0. The van der Waals surface area contributed by atoms with Crippen molar-refractivity contribution < 1.29 is 0 Å². The molecule has 0 spiro atoms. The van der Waals surface area contributed by atoms with Gasteiger partial charge in [0.25, 0.3) is 0 Å². The monoisotopic (exact) mass is 291 g/mol. The number of anilines is 1. The van der Waals surface area contributed by atoms with Crippen molar-refractivity contribution in [2.24, 2.45) is 5.41 Å². The summed E-state index contributed by atoms with van der Waals surface area (Å²) in [5.74, 6) is 1.08. The molecule has 21 heavy (non-hydrogen) atoms. The van der Waals surface area contributed by atoms with E-state index in [4.69, 9.17) is 4.98 Å². The predicted octanol–water partition coefficient (Wildman–Crippen LogP) is 4.01. The number of hydrogen-bond donors (Lipinski definition) is 1. The van der Waals surface area contributed by atoms with E-state index in [-0.39, 0.29) is 11.0 Å². The standard InChI is InChI=1S/C18H33N3/c1-9-15-10-14(12-19-18(5,6)7)11-16(20-15)21(8)13-17(2,3)4/h10-11,19H,9,12-13H2,1-8H3. The van der Waals surface area contributed by atoms with Crippen molar-refractivity contribution in [3.8, 4) is 0 Å². The number of pyridine rings is 1. The van der Waals surface area contributed by atoms with E-state index in [0.29, 0.717) is 0 Å². The van der Waals surface area contributed by atoms with Crippen molar-refractivity contribution in [2.75, 3.05) is 18.5 Å². The second kappa shape index (κ2) is 6.78. The van der Waals surface area contributed by atoms with Gasteiger partial charge in [-0.3, -0.25) is 0 Å². The lowest BCUT2D eigenvalue weighted by Crippen LogP contribution is -2.35. The van der Waals surface area contributed by atoms with Gasteiger partial charge in [-0.05, 0) is 50.3 Å². The van der Waals surface area contributed by atoms with Gasteiger partial charge in [-0.2, -0.15) is 0 Å². The molecule has 1 aromatic heterocycles. The Kier molecular flexibility index (Phi) is 5.80. The summed E-state index contributed by atoms with van der Waals surface area (Å²) in [6.07, 6.45) is 0.972. The first-order chi connectivity index (χ1) is 9.50. The molecule has 0 unspecified atom stereocenters. The van der Waals surface area contributed by atoms with Crippen molar-refractivity contribution >= 4 is 5.82 Å². The smallest absolute Gasteiger partial charge is 0.128 e. The van der Waals surface area contributed by atoms with Gasteiger partial charge in [-0.25, -0.2) is 4.98 Å². The lowest BCUT2D eigenvalue weighted by atomic mass is 9.96. The Morgan fingerprint density at radius 3 is 2.19 bits per heavy atom. The second-order valence-corrected chi connectivity index (χ2v) is 8.20. The fourth-order valence-electron chi connectivity index (χ4n) is 2.27. The third-order valence-corrected chi connectivity index (χ3v) is 3.21. The minimum atomic E-state index is 0.132. The van der Waals surface area contributed by atoms with Gasteiger partial charge in [0.1, 0.15) is 5.82 Å². The van der Waals surface area contributed by atoms with Crippen LogP contribution in [0.5, 0.6) is 0 Å². The van der Waals surface area contributed by atoms with Gasteiger partial charge in [0.05, 0.1) is 0 Å². The molecule has 0 bridgehead atoms. The van der Waals surface area contributed by atoms with Crippen LogP contribution in [-0.2, 0) is 13.0 Å². The maximum atomic E-state index is 4.78. The van der Waals surface area contributed by atoms with E-state index >= 15 is 0 Å². The highest BCUT2D eigenvalue weighted by atomic mass is 15.2. The first-order valence-electron chi connectivity index (χ1n) is 7.96. The van der Waals surface area contributed by atoms with Gasteiger partial charge in [0.15, 0.2) is 0 Å². The van der Waals surface area contributed by atoms with Gasteiger partial charge < -0.3 is 10.2 Å². The van der Waals surface area contributed by atoms with E-state index in [2.05, 4.69) is 77.9 Å². The molecule has 1 heterocycles. The third-order valence-electron chi connectivity index (χ3n) is 3.21. The van der Waals surface area contributed by atoms with Crippen LogP contribution in [0.25, 0.3) is 0 Å². The fourth-order valence-corrected chi connectivity index (χ4v) is 2.27. The van der Waals surface area contributed by atoms with Crippen LogP contribution in [0.3, 0.4) is 0 Å². The Morgan fingerprint density at radius 2 is 1.71 bits per heavy atom. The molecule has 1 N–H and O–H groups in total. The minimum absolute atomic E-state index is 0.132. The molecule has 0 amide bonds. The zero-order valence-corrected chi connectivity index (χ0v) is 15.2. The third kappa shape index (κ3) is 6.94. The van der Waals surface area contributed by atoms with Crippen LogP contribution in [-0.4, -0.2) is 24.1 Å². The summed E-state index contributed by atoms with van der Waals surface area (Å²) in [4.78, 5) is 7.04. The number of hydrogen-bond acceptors (Lipinski definition) is 3. The molecule has 0 aliphatic heterocycles. The number of aromatic nitrogens is 1. The van der Waals surface area contributed by atoms with Gasteiger partial charge in [-0.1, -0.05) is 27.7 Å². The van der Waals surface area contributed by atoms with Crippen molar-refractivity contribution in [3.63, 3.8) is 0 Å². The van der Waals surface area contributed by atoms with Crippen LogP contribution in [0.1, 0.15) is 59.7 Å². The van der Waals surface area contributed by atoms with E-state index in [1.165, 1.54) is 11.3 Å². The zero-order valence-electron chi connectivity index (χ0n) is 15.2. The minimum Gasteiger partial charge on any atom is -0.359 e. The maximum absolute atomic E-state index is 4.78. The Balaban J connectivity index is 2.94. The van der Waals surface area contributed by atoms with Crippen molar-refractivity contribution in [2.45, 2.75) is 67.0 Å². The summed E-state index contributed by atoms with van der Waals surface area (Å²) in [5.41, 5.74) is 2.88. The number of aryl methyl sites for hydroxylation is 1. The summed E-state index contributed by atoms with van der Waals surface area (Å²) >= 11 is 0. The topological polar surface area (TPSA) is 28.2 Å². The Bertz CT molecular complexity index is 453. The highest BCUT2D eigenvalue weighted by Gasteiger charge is 2.16. The van der Waals surface area contributed by atoms with Gasteiger partial charge in [-0.15, -0.1) is 0 Å². The summed E-state index contributed by atoms with van der Waals surface area (Å²) < 4.78 is 0. The highest BCUT2D eigenvalue weighted by molar-refractivity contribution is 5.42. The lowest BCUT2D eigenvalue weighted by molar-refractivity contribution is 0.417. The summed E-state index contributed by atoms with van der Waals surface area (Å²) in [6, 6.07) is 4.43. The number of nitrogens with one attached hydrogen (secondary N) is 1. The number of nitrogens with zero attached hydrogens (tertiary/aromatic N) is 2. The van der Waals surface area contributed by atoms with Crippen LogP contribution in [0.15, 0.2) is 12.1 Å². The first-order valence-corrected chi connectivity index (χ1v) is 7.96. The van der Waals surface area contributed by atoms with Crippen LogP contribution < -0.4 is 10.2 Å². The van der Waals surface area contributed by atoms with E-state index in [9.17, 15) is 0 Å². The SMILES string of the molecule is CCc1cc(CNC(C)(C)C)cc(N(C)CC(C)(C)C)n1. The molecule has 3 heteroatoms. The van der Waals surface area contributed by atoms with E-state index in [1.807, 2.05) is 0 Å². The molecule has 0 aliphatic rings. The summed E-state index contributed by atoms with van der Waals surface area (Å²) in [6.45, 7) is 17.4. The molecular formula is C18H33N3. The van der Waals surface area contributed by atoms with Gasteiger partial charge in [0.2, 0.25) is 0 Å². The molecule has 0 saturated carbocycles. The molecule has 3 nitrogen and oxygen atoms in total. The maximum Gasteiger partial charge on any atom is 0.128 e. The Morgan fingerprint density at radius 1 is 1.10 bits per heavy atom. The zero-order chi connectivity index (χ0) is 16.3. The molecule has 1 rings (SSSR count). The van der Waals surface area contributed by atoms with E-state index in [1.54, 1.807) is 0 Å².